The van der Waals surface area contributed by atoms with Gasteiger partial charge in [-0.15, -0.1) is 0 Å². The maximum Gasteiger partial charge on any atom is 0.319 e. The summed E-state index contributed by atoms with van der Waals surface area (Å²) in [6, 6.07) is 0.847. The van der Waals surface area contributed by atoms with Gasteiger partial charge in [0.15, 0.2) is 5.76 Å². The van der Waals surface area contributed by atoms with Crippen LogP contribution in [0.3, 0.4) is 0 Å². The third-order valence-corrected chi connectivity index (χ3v) is 6.15. The van der Waals surface area contributed by atoms with E-state index in [0.29, 0.717) is 5.92 Å². The molecule has 3 fully saturated rings. The Morgan fingerprint density at radius 3 is 2.42 bits per heavy atom. The molecule has 3 heterocycles. The number of rotatable bonds is 4. The molecule has 0 atom stereocenters. The van der Waals surface area contributed by atoms with E-state index in [4.69, 9.17) is 4.52 Å². The number of hydrogen-bond acceptors (Lipinski definition) is 5. The van der Waals surface area contributed by atoms with E-state index >= 15 is 0 Å². The fraction of sp³-hybridized carbons (Fsp3) is 0.789. The van der Waals surface area contributed by atoms with Crippen LogP contribution >= 0.6 is 0 Å². The standard InChI is InChI=1S/C19H31N5O2/c1-13-17(18(26-22-13)14-3-4-14)21-19(25)20-15-5-11-24(12-6-15)16-7-9-23(2)10-8-16/h14-16H,3-12H2,1-2H3,(H2,20,21,25). The second-order valence-corrected chi connectivity index (χ2v) is 8.22. The van der Waals surface area contributed by atoms with Gasteiger partial charge in [-0.2, -0.15) is 0 Å². The number of nitrogens with zero attached hydrogens (tertiary/aromatic N) is 3. The number of hydrogen-bond donors (Lipinski definition) is 2. The number of carbonyl (C=O) groups is 1. The lowest BCUT2D eigenvalue weighted by atomic mass is 9.98. The van der Waals surface area contributed by atoms with E-state index in [9.17, 15) is 4.79 Å². The number of urea groups is 1. The molecule has 26 heavy (non-hydrogen) atoms. The highest BCUT2D eigenvalue weighted by Crippen LogP contribution is 2.44. The molecule has 2 aliphatic heterocycles. The molecule has 2 amide bonds. The van der Waals surface area contributed by atoms with Crippen molar-refractivity contribution in [1.29, 1.82) is 0 Å². The van der Waals surface area contributed by atoms with Gasteiger partial charge in [0.05, 0.1) is 0 Å². The Labute approximate surface area is 155 Å². The lowest BCUT2D eigenvalue weighted by molar-refractivity contribution is 0.0938. The first kappa shape index (κ1) is 17.8. The number of piperidine rings is 2. The Morgan fingerprint density at radius 1 is 1.08 bits per heavy atom. The number of anilines is 1. The summed E-state index contributed by atoms with van der Waals surface area (Å²) in [6.07, 6.45) is 6.84. The van der Waals surface area contributed by atoms with Crippen LogP contribution in [0.4, 0.5) is 10.5 Å². The van der Waals surface area contributed by atoms with Gasteiger partial charge in [-0.1, -0.05) is 5.16 Å². The van der Waals surface area contributed by atoms with Gasteiger partial charge >= 0.3 is 6.03 Å². The third kappa shape index (κ3) is 4.04. The normalized spacial score (nSPS) is 23.9. The summed E-state index contributed by atoms with van der Waals surface area (Å²) < 4.78 is 5.40. The summed E-state index contributed by atoms with van der Waals surface area (Å²) >= 11 is 0. The quantitative estimate of drug-likeness (QED) is 0.862. The predicted octanol–water partition coefficient (Wildman–Crippen LogP) is 2.54. The molecule has 7 nitrogen and oxygen atoms in total. The first-order valence-corrected chi connectivity index (χ1v) is 10.1. The van der Waals surface area contributed by atoms with Gasteiger partial charge in [0.25, 0.3) is 0 Å². The van der Waals surface area contributed by atoms with Crippen LogP contribution in [0.5, 0.6) is 0 Å². The van der Waals surface area contributed by atoms with Gasteiger partial charge < -0.3 is 25.0 Å². The van der Waals surface area contributed by atoms with Crippen LogP contribution in [0.25, 0.3) is 0 Å². The van der Waals surface area contributed by atoms with Crippen molar-refractivity contribution < 1.29 is 9.32 Å². The molecule has 7 heteroatoms. The SMILES string of the molecule is Cc1noc(C2CC2)c1NC(=O)NC1CCN(C2CCN(C)CC2)CC1. The molecule has 1 aliphatic carbocycles. The number of carbonyl (C=O) groups excluding carboxylic acids is 1. The number of likely N-dealkylation sites (tertiary alicyclic amines) is 2. The smallest absolute Gasteiger partial charge is 0.319 e. The van der Waals surface area contributed by atoms with E-state index in [2.05, 4.69) is 32.6 Å². The van der Waals surface area contributed by atoms with Gasteiger partial charge in [-0.05, 0) is 65.6 Å². The number of aromatic nitrogens is 1. The number of nitrogens with one attached hydrogen (secondary N) is 2. The van der Waals surface area contributed by atoms with E-state index in [0.717, 1.165) is 62.0 Å². The summed E-state index contributed by atoms with van der Waals surface area (Å²) in [5.74, 6) is 1.28. The van der Waals surface area contributed by atoms with E-state index < -0.39 is 0 Å². The van der Waals surface area contributed by atoms with Crippen molar-refractivity contribution in [1.82, 2.24) is 20.3 Å². The zero-order valence-corrected chi connectivity index (χ0v) is 16.0. The van der Waals surface area contributed by atoms with Crippen LogP contribution < -0.4 is 10.6 Å². The summed E-state index contributed by atoms with van der Waals surface area (Å²) in [5.41, 5.74) is 1.54. The fourth-order valence-corrected chi connectivity index (χ4v) is 4.27. The van der Waals surface area contributed by atoms with Gasteiger partial charge in [-0.25, -0.2) is 4.79 Å². The highest BCUT2D eigenvalue weighted by Gasteiger charge is 2.33. The summed E-state index contributed by atoms with van der Waals surface area (Å²) in [4.78, 5) is 17.5. The summed E-state index contributed by atoms with van der Waals surface area (Å²) in [7, 11) is 2.21. The molecular weight excluding hydrogens is 330 g/mol. The average Bonchev–Trinajstić information content (AvgIpc) is 3.42. The molecular formula is C19H31N5O2. The van der Waals surface area contributed by atoms with E-state index in [1.165, 1.54) is 25.9 Å². The van der Waals surface area contributed by atoms with Crippen molar-refractivity contribution in [3.8, 4) is 0 Å². The first-order chi connectivity index (χ1) is 12.6. The van der Waals surface area contributed by atoms with Crippen molar-refractivity contribution in [3.63, 3.8) is 0 Å². The topological polar surface area (TPSA) is 73.6 Å². The maximum absolute atomic E-state index is 12.4. The maximum atomic E-state index is 12.4. The largest absolute Gasteiger partial charge is 0.359 e. The Hall–Kier alpha value is -1.60. The molecule has 144 valence electrons. The van der Waals surface area contributed by atoms with Crippen molar-refractivity contribution in [2.24, 2.45) is 0 Å². The van der Waals surface area contributed by atoms with Gasteiger partial charge in [0.2, 0.25) is 0 Å². The Morgan fingerprint density at radius 2 is 1.77 bits per heavy atom. The van der Waals surface area contributed by atoms with Gasteiger partial charge in [0, 0.05) is 31.1 Å². The van der Waals surface area contributed by atoms with Crippen molar-refractivity contribution in [2.75, 3.05) is 38.5 Å². The number of aryl methyl sites for hydroxylation is 1. The van der Waals surface area contributed by atoms with E-state index in [1.807, 2.05) is 6.92 Å². The monoisotopic (exact) mass is 361 g/mol. The molecule has 2 saturated heterocycles. The molecule has 0 radical (unpaired) electrons. The zero-order valence-electron chi connectivity index (χ0n) is 16.0. The van der Waals surface area contributed by atoms with E-state index in [1.54, 1.807) is 0 Å². The van der Waals surface area contributed by atoms with Gasteiger partial charge in [0.1, 0.15) is 11.4 Å². The average molecular weight is 361 g/mol. The number of amides is 2. The highest BCUT2D eigenvalue weighted by molar-refractivity contribution is 5.90. The van der Waals surface area contributed by atoms with Crippen molar-refractivity contribution in [2.45, 2.75) is 63.5 Å². The molecule has 1 saturated carbocycles. The molecule has 4 rings (SSSR count). The minimum atomic E-state index is -0.129. The molecule has 1 aromatic heterocycles. The highest BCUT2D eigenvalue weighted by atomic mass is 16.5. The second-order valence-electron chi connectivity index (χ2n) is 8.22. The van der Waals surface area contributed by atoms with Crippen LogP contribution in [0.1, 0.15) is 55.9 Å². The lowest BCUT2D eigenvalue weighted by Gasteiger charge is -2.41. The van der Waals surface area contributed by atoms with Crippen molar-refractivity contribution >= 4 is 11.7 Å². The molecule has 2 N–H and O–H groups in total. The van der Waals surface area contributed by atoms with Crippen LogP contribution in [-0.4, -0.2) is 66.3 Å². The molecule has 0 bridgehead atoms. The molecule has 3 aliphatic rings. The Bertz CT molecular complexity index is 626. The minimum Gasteiger partial charge on any atom is -0.359 e. The van der Waals surface area contributed by atoms with Crippen LogP contribution in [0, 0.1) is 6.92 Å². The molecule has 0 spiro atoms. The Balaban J connectivity index is 1.24. The second kappa shape index (κ2) is 7.56. The Kier molecular flexibility index (Phi) is 5.18. The fourth-order valence-electron chi connectivity index (χ4n) is 4.27. The lowest BCUT2D eigenvalue weighted by Crippen LogP contribution is -2.51. The molecule has 1 aromatic rings. The summed E-state index contributed by atoms with van der Waals surface area (Å²) in [6.45, 7) is 6.45. The van der Waals surface area contributed by atoms with Crippen molar-refractivity contribution in [3.05, 3.63) is 11.5 Å². The van der Waals surface area contributed by atoms with Gasteiger partial charge in [-0.3, -0.25) is 0 Å². The predicted molar refractivity (Wildman–Crippen MR) is 100 cm³/mol. The third-order valence-electron chi connectivity index (χ3n) is 6.15. The molecule has 0 aromatic carbocycles. The summed E-state index contributed by atoms with van der Waals surface area (Å²) in [5, 5.41) is 10.1. The first-order valence-electron chi connectivity index (χ1n) is 10.1. The molecule has 0 unspecified atom stereocenters. The van der Waals surface area contributed by atoms with E-state index in [-0.39, 0.29) is 12.1 Å². The van der Waals surface area contributed by atoms with Crippen LogP contribution in [0.2, 0.25) is 0 Å². The van der Waals surface area contributed by atoms with Crippen LogP contribution in [0.15, 0.2) is 4.52 Å². The van der Waals surface area contributed by atoms with Crippen LogP contribution in [-0.2, 0) is 0 Å². The zero-order chi connectivity index (χ0) is 18.1. The minimum absolute atomic E-state index is 0.129.